The van der Waals surface area contributed by atoms with Crippen LogP contribution in [0.15, 0.2) is 12.4 Å². The Balaban J connectivity index is 2.96. The normalized spacial score (nSPS) is 10.7. The van der Waals surface area contributed by atoms with Crippen molar-refractivity contribution in [1.29, 1.82) is 0 Å². The zero-order valence-corrected chi connectivity index (χ0v) is 6.60. The summed E-state index contributed by atoms with van der Waals surface area (Å²) in [5.41, 5.74) is 3.36. The van der Waals surface area contributed by atoms with Crippen molar-refractivity contribution in [3.8, 4) is 0 Å². The Hall–Kier alpha value is -1.31. The first-order valence-electron chi connectivity index (χ1n) is 3.60. The summed E-state index contributed by atoms with van der Waals surface area (Å²) in [7, 11) is 0. The van der Waals surface area contributed by atoms with Crippen LogP contribution in [0.3, 0.4) is 0 Å². The van der Waals surface area contributed by atoms with Crippen LogP contribution >= 0.6 is 0 Å². The largest absolute Gasteiger partial charge is 0.346 e. The van der Waals surface area contributed by atoms with Crippen LogP contribution in [0.2, 0.25) is 0 Å². The smallest absolute Gasteiger partial charge is 0.137 e. The van der Waals surface area contributed by atoms with Gasteiger partial charge in [0.15, 0.2) is 0 Å². The zero-order chi connectivity index (χ0) is 7.84. The van der Waals surface area contributed by atoms with Crippen LogP contribution < -0.4 is 0 Å². The summed E-state index contributed by atoms with van der Waals surface area (Å²) in [5.74, 6) is 0. The standard InChI is InChI=1S/C9H9N2/c1-6-3-4-10-9-8(6)7(2)5-11-9/h4-5H,1-2H3,(H,10,11). The lowest BCUT2D eigenvalue weighted by atomic mass is 10.1. The van der Waals surface area contributed by atoms with E-state index in [0.29, 0.717) is 0 Å². The van der Waals surface area contributed by atoms with Crippen LogP contribution in [0.4, 0.5) is 0 Å². The minimum Gasteiger partial charge on any atom is -0.346 e. The monoisotopic (exact) mass is 145 g/mol. The van der Waals surface area contributed by atoms with Crippen LogP contribution in [0.1, 0.15) is 11.1 Å². The highest BCUT2D eigenvalue weighted by Crippen LogP contribution is 2.17. The number of hydrogen-bond acceptors (Lipinski definition) is 1. The van der Waals surface area contributed by atoms with E-state index in [2.05, 4.69) is 23.0 Å². The van der Waals surface area contributed by atoms with Gasteiger partial charge in [0, 0.05) is 23.8 Å². The molecule has 0 amide bonds. The minimum absolute atomic E-state index is 0.957. The number of aromatic amines is 1. The van der Waals surface area contributed by atoms with E-state index >= 15 is 0 Å². The molecule has 0 atom stereocenters. The van der Waals surface area contributed by atoms with E-state index in [1.807, 2.05) is 13.1 Å². The van der Waals surface area contributed by atoms with Crippen molar-refractivity contribution in [2.24, 2.45) is 0 Å². The van der Waals surface area contributed by atoms with Crippen molar-refractivity contribution in [3.05, 3.63) is 29.6 Å². The van der Waals surface area contributed by atoms with Crippen LogP contribution in [0.25, 0.3) is 11.0 Å². The molecule has 1 N–H and O–H groups in total. The Morgan fingerprint density at radius 3 is 3.00 bits per heavy atom. The second-order valence-corrected chi connectivity index (χ2v) is 2.72. The van der Waals surface area contributed by atoms with Gasteiger partial charge in [-0.1, -0.05) is 0 Å². The molecule has 0 aliphatic carbocycles. The topological polar surface area (TPSA) is 28.7 Å². The molecule has 0 aliphatic heterocycles. The molecule has 0 aliphatic rings. The fourth-order valence-electron chi connectivity index (χ4n) is 1.35. The molecule has 2 nitrogen and oxygen atoms in total. The van der Waals surface area contributed by atoms with Crippen molar-refractivity contribution >= 4 is 11.0 Å². The number of aromatic nitrogens is 2. The molecule has 0 saturated carbocycles. The molecule has 0 bridgehead atoms. The number of pyridine rings is 1. The van der Waals surface area contributed by atoms with Gasteiger partial charge in [0.1, 0.15) is 5.65 Å². The van der Waals surface area contributed by atoms with E-state index in [0.717, 1.165) is 11.2 Å². The number of fused-ring (bicyclic) bond motifs is 1. The molecule has 0 fully saturated rings. The minimum atomic E-state index is 0.957. The van der Waals surface area contributed by atoms with E-state index in [9.17, 15) is 0 Å². The molecule has 0 aromatic carbocycles. The van der Waals surface area contributed by atoms with Crippen molar-refractivity contribution in [2.75, 3.05) is 0 Å². The fraction of sp³-hybridized carbons (Fsp3) is 0.222. The third kappa shape index (κ3) is 0.827. The molecule has 2 heteroatoms. The molecule has 0 spiro atoms. The summed E-state index contributed by atoms with van der Waals surface area (Å²) >= 11 is 0. The molecule has 0 saturated heterocycles. The highest BCUT2D eigenvalue weighted by atomic mass is 14.8. The predicted molar refractivity (Wildman–Crippen MR) is 44.4 cm³/mol. The first-order valence-corrected chi connectivity index (χ1v) is 3.60. The number of hydrogen-bond donors (Lipinski definition) is 1. The van der Waals surface area contributed by atoms with Crippen LogP contribution in [0, 0.1) is 19.9 Å². The second-order valence-electron chi connectivity index (χ2n) is 2.72. The average molecular weight is 145 g/mol. The molecule has 2 heterocycles. The summed E-state index contributed by atoms with van der Waals surface area (Å²) in [6.07, 6.45) is 3.67. The predicted octanol–water partition coefficient (Wildman–Crippen LogP) is 1.98. The Bertz CT molecular complexity index is 387. The molecule has 11 heavy (non-hydrogen) atoms. The van der Waals surface area contributed by atoms with Crippen molar-refractivity contribution < 1.29 is 0 Å². The number of H-pyrrole nitrogens is 1. The van der Waals surface area contributed by atoms with Gasteiger partial charge in [-0.3, -0.25) is 0 Å². The summed E-state index contributed by atoms with van der Waals surface area (Å²) in [6.45, 7) is 4.12. The molecule has 2 rings (SSSR count). The Morgan fingerprint density at radius 2 is 2.27 bits per heavy atom. The molecular weight excluding hydrogens is 136 g/mol. The van der Waals surface area contributed by atoms with Gasteiger partial charge in [-0.2, -0.15) is 0 Å². The van der Waals surface area contributed by atoms with Gasteiger partial charge in [0.2, 0.25) is 0 Å². The van der Waals surface area contributed by atoms with E-state index in [4.69, 9.17) is 0 Å². The van der Waals surface area contributed by atoms with E-state index in [1.54, 1.807) is 6.20 Å². The fourth-order valence-corrected chi connectivity index (χ4v) is 1.35. The maximum Gasteiger partial charge on any atom is 0.137 e. The lowest BCUT2D eigenvalue weighted by Gasteiger charge is -1.93. The summed E-state index contributed by atoms with van der Waals surface area (Å²) in [4.78, 5) is 7.25. The third-order valence-electron chi connectivity index (χ3n) is 1.91. The highest BCUT2D eigenvalue weighted by molar-refractivity contribution is 5.82. The summed E-state index contributed by atoms with van der Waals surface area (Å²) < 4.78 is 0. The van der Waals surface area contributed by atoms with Gasteiger partial charge in [-0.25, -0.2) is 4.98 Å². The zero-order valence-electron chi connectivity index (χ0n) is 6.60. The Kier molecular flexibility index (Phi) is 1.22. The van der Waals surface area contributed by atoms with Crippen molar-refractivity contribution in [3.63, 3.8) is 0 Å². The maximum absolute atomic E-state index is 4.15. The lowest BCUT2D eigenvalue weighted by Crippen LogP contribution is -1.79. The molecule has 2 aromatic rings. The molecule has 2 aromatic heterocycles. The third-order valence-corrected chi connectivity index (χ3v) is 1.91. The van der Waals surface area contributed by atoms with Crippen molar-refractivity contribution in [2.45, 2.75) is 13.8 Å². The second kappa shape index (κ2) is 2.09. The van der Waals surface area contributed by atoms with Gasteiger partial charge in [0.05, 0.1) is 0 Å². The summed E-state index contributed by atoms with van der Waals surface area (Å²) in [5, 5.41) is 1.20. The van der Waals surface area contributed by atoms with Crippen LogP contribution in [-0.2, 0) is 0 Å². The van der Waals surface area contributed by atoms with E-state index in [1.165, 1.54) is 10.9 Å². The molecule has 1 radical (unpaired) electrons. The lowest BCUT2D eigenvalue weighted by molar-refractivity contribution is 1.30. The Labute approximate surface area is 65.3 Å². The first kappa shape index (κ1) is 6.40. The van der Waals surface area contributed by atoms with E-state index in [-0.39, 0.29) is 0 Å². The maximum atomic E-state index is 4.15. The number of nitrogens with zero attached hydrogens (tertiary/aromatic N) is 1. The highest BCUT2D eigenvalue weighted by Gasteiger charge is 2.01. The van der Waals surface area contributed by atoms with Gasteiger partial charge >= 0.3 is 0 Å². The van der Waals surface area contributed by atoms with Gasteiger partial charge < -0.3 is 4.98 Å². The molecule has 0 unspecified atom stereocenters. The number of nitrogens with one attached hydrogen (secondary N) is 1. The quantitative estimate of drug-likeness (QED) is 0.603. The number of aryl methyl sites for hydroxylation is 2. The van der Waals surface area contributed by atoms with Crippen molar-refractivity contribution in [1.82, 2.24) is 9.97 Å². The Morgan fingerprint density at radius 1 is 1.45 bits per heavy atom. The molecule has 55 valence electrons. The van der Waals surface area contributed by atoms with Gasteiger partial charge in [-0.15, -0.1) is 0 Å². The number of rotatable bonds is 0. The van der Waals surface area contributed by atoms with Crippen LogP contribution in [0.5, 0.6) is 0 Å². The van der Waals surface area contributed by atoms with Gasteiger partial charge in [0.25, 0.3) is 0 Å². The van der Waals surface area contributed by atoms with Gasteiger partial charge in [-0.05, 0) is 25.0 Å². The molecular formula is C9H9N2. The summed E-state index contributed by atoms with van der Waals surface area (Å²) in [6, 6.07) is 3.07. The SMILES string of the molecule is Cc1[c]cnc2[nH]cc(C)c12. The average Bonchev–Trinajstić information content (AvgIpc) is 2.34. The van der Waals surface area contributed by atoms with E-state index < -0.39 is 0 Å². The van der Waals surface area contributed by atoms with Crippen LogP contribution in [-0.4, -0.2) is 9.97 Å². The first-order chi connectivity index (χ1) is 5.29.